The lowest BCUT2D eigenvalue weighted by Crippen LogP contribution is -1.88. The number of hydrogen-bond acceptors (Lipinski definition) is 1. The molecule has 1 heterocycles. The van der Waals surface area contributed by atoms with E-state index in [0.717, 1.165) is 0 Å². The highest BCUT2D eigenvalue weighted by Gasteiger charge is 2.02. The van der Waals surface area contributed by atoms with Gasteiger partial charge in [0.2, 0.25) is 0 Å². The van der Waals surface area contributed by atoms with Crippen LogP contribution in [0, 0.1) is 39.3 Å². The minimum atomic E-state index is -0.475. The van der Waals surface area contributed by atoms with Gasteiger partial charge in [0, 0.05) is 15.3 Å². The molecular weight excluding hydrogens is 238 g/mol. The maximum Gasteiger partial charge on any atom is 0.129 e. The third kappa shape index (κ3) is 4.27. The Morgan fingerprint density at radius 3 is 1.53 bits per heavy atom. The summed E-state index contributed by atoms with van der Waals surface area (Å²) < 4.78 is 25.2. The van der Waals surface area contributed by atoms with Gasteiger partial charge in [0.05, 0.1) is 0 Å². The molecule has 0 aliphatic carbocycles. The second-order valence-corrected chi connectivity index (χ2v) is 5.50. The number of thiophene rings is 1. The highest BCUT2D eigenvalue weighted by molar-refractivity contribution is 7.11. The second kappa shape index (κ2) is 5.92. The largest absolute Gasteiger partial charge is 0.207 e. The Hall–Kier alpha value is -1.22. The number of rotatable bonds is 0. The Labute approximate surface area is 105 Å². The first-order valence-electron chi connectivity index (χ1n) is 5.35. The summed E-state index contributed by atoms with van der Waals surface area (Å²) in [5.41, 5.74) is 0.700. The first-order valence-corrected chi connectivity index (χ1v) is 6.17. The molecule has 1 aromatic carbocycles. The van der Waals surface area contributed by atoms with E-state index in [-0.39, 0.29) is 5.56 Å². The van der Waals surface area contributed by atoms with Crippen molar-refractivity contribution in [1.82, 2.24) is 0 Å². The fourth-order valence-corrected chi connectivity index (χ4v) is 2.11. The third-order valence-electron chi connectivity index (χ3n) is 2.30. The van der Waals surface area contributed by atoms with E-state index < -0.39 is 11.6 Å². The first-order chi connectivity index (χ1) is 7.90. The highest BCUT2D eigenvalue weighted by atomic mass is 32.1. The van der Waals surface area contributed by atoms with Gasteiger partial charge in [-0.15, -0.1) is 11.3 Å². The van der Waals surface area contributed by atoms with E-state index in [1.54, 1.807) is 6.92 Å². The van der Waals surface area contributed by atoms with Crippen molar-refractivity contribution in [3.8, 4) is 0 Å². The molecule has 3 heteroatoms. The van der Waals surface area contributed by atoms with Crippen LogP contribution in [0.1, 0.15) is 20.9 Å². The van der Waals surface area contributed by atoms with Crippen LogP contribution in [-0.2, 0) is 0 Å². The average Bonchev–Trinajstić information content (AvgIpc) is 2.60. The van der Waals surface area contributed by atoms with Gasteiger partial charge in [-0.05, 0) is 57.5 Å². The summed E-state index contributed by atoms with van der Waals surface area (Å²) in [5, 5.41) is 0. The van der Waals surface area contributed by atoms with E-state index >= 15 is 0 Å². The summed E-state index contributed by atoms with van der Waals surface area (Å²) in [5.74, 6) is -0.949. The molecule has 0 aliphatic rings. The van der Waals surface area contributed by atoms with Gasteiger partial charge < -0.3 is 0 Å². The van der Waals surface area contributed by atoms with E-state index in [1.807, 2.05) is 11.3 Å². The van der Waals surface area contributed by atoms with E-state index in [1.165, 1.54) is 28.8 Å². The number of aryl methyl sites for hydroxylation is 3. The highest BCUT2D eigenvalue weighted by Crippen LogP contribution is 2.13. The molecule has 0 radical (unpaired) electrons. The monoisotopic (exact) mass is 254 g/mol. The SMILES string of the molecule is Cc1cc(F)c(C)c(F)c1.Cc1ccc(C)s1. The van der Waals surface area contributed by atoms with Crippen molar-refractivity contribution in [1.29, 1.82) is 0 Å². The van der Waals surface area contributed by atoms with Crippen molar-refractivity contribution in [2.24, 2.45) is 0 Å². The molecule has 0 aliphatic heterocycles. The van der Waals surface area contributed by atoms with Crippen molar-refractivity contribution in [2.45, 2.75) is 27.7 Å². The number of benzene rings is 1. The molecule has 0 bridgehead atoms. The Bertz CT molecular complexity index is 461. The molecule has 92 valence electrons. The third-order valence-corrected chi connectivity index (χ3v) is 3.22. The van der Waals surface area contributed by atoms with Gasteiger partial charge in [-0.2, -0.15) is 0 Å². The summed E-state index contributed by atoms with van der Waals surface area (Å²) in [6.45, 7) is 7.32. The molecule has 0 atom stereocenters. The Kier molecular flexibility index (Phi) is 4.82. The van der Waals surface area contributed by atoms with Crippen LogP contribution < -0.4 is 0 Å². The van der Waals surface area contributed by atoms with Crippen molar-refractivity contribution in [2.75, 3.05) is 0 Å². The summed E-state index contributed by atoms with van der Waals surface area (Å²) in [6, 6.07) is 6.91. The predicted octanol–water partition coefficient (Wildman–Crippen LogP) is 4.95. The Morgan fingerprint density at radius 1 is 0.824 bits per heavy atom. The van der Waals surface area contributed by atoms with Crippen LogP contribution in [-0.4, -0.2) is 0 Å². The van der Waals surface area contributed by atoms with Gasteiger partial charge in [0.15, 0.2) is 0 Å². The van der Waals surface area contributed by atoms with E-state index in [4.69, 9.17) is 0 Å². The van der Waals surface area contributed by atoms with E-state index in [0.29, 0.717) is 5.56 Å². The first kappa shape index (κ1) is 13.8. The van der Waals surface area contributed by atoms with Gasteiger partial charge in [0.1, 0.15) is 11.6 Å². The molecule has 17 heavy (non-hydrogen) atoms. The van der Waals surface area contributed by atoms with Gasteiger partial charge in [-0.1, -0.05) is 0 Å². The van der Waals surface area contributed by atoms with Crippen LogP contribution in [0.2, 0.25) is 0 Å². The lowest BCUT2D eigenvalue weighted by atomic mass is 10.1. The quantitative estimate of drug-likeness (QED) is 0.624. The summed E-state index contributed by atoms with van der Waals surface area (Å²) in [4.78, 5) is 2.80. The summed E-state index contributed by atoms with van der Waals surface area (Å²) >= 11 is 1.84. The molecule has 0 unspecified atom stereocenters. The summed E-state index contributed by atoms with van der Waals surface area (Å²) in [6.07, 6.45) is 0. The van der Waals surface area contributed by atoms with Crippen molar-refractivity contribution in [3.63, 3.8) is 0 Å². The van der Waals surface area contributed by atoms with Crippen LogP contribution in [0.25, 0.3) is 0 Å². The predicted molar refractivity (Wildman–Crippen MR) is 69.6 cm³/mol. The molecule has 0 nitrogen and oxygen atoms in total. The van der Waals surface area contributed by atoms with Crippen LogP contribution in [0.5, 0.6) is 0 Å². The minimum absolute atomic E-state index is 0.0885. The van der Waals surface area contributed by atoms with Gasteiger partial charge >= 0.3 is 0 Å². The second-order valence-electron chi connectivity index (χ2n) is 4.01. The van der Waals surface area contributed by atoms with Gasteiger partial charge in [-0.3, -0.25) is 0 Å². The van der Waals surface area contributed by atoms with Gasteiger partial charge in [0.25, 0.3) is 0 Å². The Morgan fingerprint density at radius 2 is 1.24 bits per heavy atom. The minimum Gasteiger partial charge on any atom is -0.207 e. The van der Waals surface area contributed by atoms with Crippen LogP contribution >= 0.6 is 11.3 Å². The fourth-order valence-electron chi connectivity index (χ4n) is 1.33. The number of hydrogen-bond donors (Lipinski definition) is 0. The van der Waals surface area contributed by atoms with E-state index in [9.17, 15) is 8.78 Å². The smallest absolute Gasteiger partial charge is 0.129 e. The van der Waals surface area contributed by atoms with Crippen molar-refractivity contribution >= 4 is 11.3 Å². The maximum atomic E-state index is 12.6. The van der Waals surface area contributed by atoms with Crippen LogP contribution in [0.3, 0.4) is 0 Å². The molecule has 2 rings (SSSR count). The molecule has 0 saturated carbocycles. The lowest BCUT2D eigenvalue weighted by Gasteiger charge is -1.98. The van der Waals surface area contributed by atoms with Gasteiger partial charge in [-0.25, -0.2) is 8.78 Å². The van der Waals surface area contributed by atoms with Crippen molar-refractivity contribution in [3.05, 3.63) is 56.8 Å². The van der Waals surface area contributed by atoms with E-state index in [2.05, 4.69) is 26.0 Å². The molecule has 0 saturated heterocycles. The molecule has 0 N–H and O–H groups in total. The maximum absolute atomic E-state index is 12.6. The molecule has 0 amide bonds. The molecular formula is C14H16F2S. The van der Waals surface area contributed by atoms with Crippen molar-refractivity contribution < 1.29 is 8.78 Å². The standard InChI is InChI=1S/C8H8F2.C6H8S/c1-5-3-7(9)6(2)8(10)4-5;1-5-3-4-6(2)7-5/h3-4H,1-2H3;3-4H,1-2H3. The Balaban J connectivity index is 0.000000181. The fraction of sp³-hybridized carbons (Fsp3) is 0.286. The normalized spacial score (nSPS) is 9.76. The molecule has 0 fully saturated rings. The molecule has 1 aromatic heterocycles. The lowest BCUT2D eigenvalue weighted by molar-refractivity contribution is 0.566. The molecule has 0 spiro atoms. The van der Waals surface area contributed by atoms with Crippen LogP contribution in [0.15, 0.2) is 24.3 Å². The zero-order chi connectivity index (χ0) is 13.0. The topological polar surface area (TPSA) is 0 Å². The summed E-state index contributed by atoms with van der Waals surface area (Å²) in [7, 11) is 0. The number of halogens is 2. The zero-order valence-corrected chi connectivity index (χ0v) is 11.3. The average molecular weight is 254 g/mol. The zero-order valence-electron chi connectivity index (χ0n) is 10.5. The van der Waals surface area contributed by atoms with Crippen LogP contribution in [0.4, 0.5) is 8.78 Å². The molecule has 2 aromatic rings.